The molecule has 3 rings (SSSR count). The summed E-state index contributed by atoms with van der Waals surface area (Å²) in [6.07, 6.45) is 1.25. The molecule has 5 nitrogen and oxygen atoms in total. The Morgan fingerprint density at radius 1 is 1.25 bits per heavy atom. The van der Waals surface area contributed by atoms with E-state index in [2.05, 4.69) is 31.2 Å². The lowest BCUT2D eigenvalue weighted by Gasteiger charge is -2.24. The summed E-state index contributed by atoms with van der Waals surface area (Å²) >= 11 is 3.47. The molecule has 0 bridgehead atoms. The van der Waals surface area contributed by atoms with Crippen molar-refractivity contribution in [1.29, 1.82) is 0 Å². The van der Waals surface area contributed by atoms with Gasteiger partial charge in [0.2, 0.25) is 0 Å². The Balaban J connectivity index is 1.97. The molecule has 0 saturated heterocycles. The zero-order valence-electron chi connectivity index (χ0n) is 15.6. The number of nitrogens with zero attached hydrogens (tertiary/aromatic N) is 1. The zero-order chi connectivity index (χ0) is 20.5. The van der Waals surface area contributed by atoms with E-state index in [9.17, 15) is 13.6 Å². The van der Waals surface area contributed by atoms with Crippen molar-refractivity contribution < 1.29 is 18.3 Å². The average molecular weight is 452 g/mol. The molecule has 28 heavy (non-hydrogen) atoms. The van der Waals surface area contributed by atoms with Crippen LogP contribution in [0.15, 0.2) is 41.0 Å². The summed E-state index contributed by atoms with van der Waals surface area (Å²) in [4.78, 5) is 20.0. The van der Waals surface area contributed by atoms with Gasteiger partial charge in [0.25, 0.3) is 0 Å². The summed E-state index contributed by atoms with van der Waals surface area (Å²) < 4.78 is 33.3. The highest BCUT2D eigenvalue weighted by molar-refractivity contribution is 9.10. The van der Waals surface area contributed by atoms with Crippen LogP contribution in [0.25, 0.3) is 11.0 Å². The van der Waals surface area contributed by atoms with Gasteiger partial charge in [-0.1, -0.05) is 0 Å². The number of aromatic amines is 1. The highest BCUT2D eigenvalue weighted by atomic mass is 79.9. The molecule has 0 aliphatic heterocycles. The van der Waals surface area contributed by atoms with Gasteiger partial charge in [-0.15, -0.1) is 0 Å². The van der Waals surface area contributed by atoms with E-state index in [0.717, 1.165) is 11.6 Å². The summed E-state index contributed by atoms with van der Waals surface area (Å²) in [5, 5.41) is 2.77. The quantitative estimate of drug-likeness (QED) is 0.556. The Hall–Kier alpha value is -2.48. The summed E-state index contributed by atoms with van der Waals surface area (Å²) in [6.45, 7) is 5.26. The van der Waals surface area contributed by atoms with Crippen LogP contribution in [0, 0.1) is 11.6 Å². The van der Waals surface area contributed by atoms with Crippen LogP contribution in [-0.2, 0) is 11.2 Å². The van der Waals surface area contributed by atoms with Crippen LogP contribution < -0.4 is 5.32 Å². The van der Waals surface area contributed by atoms with Crippen molar-refractivity contribution in [3.63, 3.8) is 0 Å². The van der Waals surface area contributed by atoms with Gasteiger partial charge in [0.05, 0.1) is 22.8 Å². The number of hydrogen-bond acceptors (Lipinski definition) is 3. The van der Waals surface area contributed by atoms with Crippen LogP contribution in [-0.4, -0.2) is 21.7 Å². The van der Waals surface area contributed by atoms with E-state index < -0.39 is 29.4 Å². The minimum absolute atomic E-state index is 0.134. The van der Waals surface area contributed by atoms with Crippen molar-refractivity contribution in [2.45, 2.75) is 38.8 Å². The van der Waals surface area contributed by atoms with Crippen LogP contribution >= 0.6 is 15.9 Å². The Morgan fingerprint density at radius 3 is 2.57 bits per heavy atom. The summed E-state index contributed by atoms with van der Waals surface area (Å²) in [5.41, 5.74) is 1.77. The number of carbonyl (C=O) groups excluding carboxylic acids is 1. The van der Waals surface area contributed by atoms with E-state index in [-0.39, 0.29) is 6.42 Å². The van der Waals surface area contributed by atoms with E-state index in [4.69, 9.17) is 4.74 Å². The molecule has 0 saturated carbocycles. The number of rotatable bonds is 4. The molecule has 2 N–H and O–H groups in total. The second-order valence-electron chi connectivity index (χ2n) is 7.45. The number of hydrogen-bond donors (Lipinski definition) is 2. The predicted molar refractivity (Wildman–Crippen MR) is 106 cm³/mol. The monoisotopic (exact) mass is 451 g/mol. The average Bonchev–Trinajstić information content (AvgIpc) is 2.97. The second-order valence-corrected chi connectivity index (χ2v) is 8.30. The summed E-state index contributed by atoms with van der Waals surface area (Å²) in [7, 11) is 0. The summed E-state index contributed by atoms with van der Waals surface area (Å²) in [5.74, 6) is -1.36. The predicted octanol–water partition coefficient (Wildman–Crippen LogP) is 5.41. The van der Waals surface area contributed by atoms with Gasteiger partial charge in [0, 0.05) is 16.7 Å². The molecule has 1 aromatic carbocycles. The number of pyridine rings is 1. The van der Waals surface area contributed by atoms with Gasteiger partial charge in [-0.05, 0) is 73.0 Å². The zero-order valence-corrected chi connectivity index (χ0v) is 17.2. The topological polar surface area (TPSA) is 67.0 Å². The molecule has 2 aromatic heterocycles. The Bertz CT molecular complexity index is 994. The molecule has 148 valence electrons. The Kier molecular flexibility index (Phi) is 5.69. The lowest BCUT2D eigenvalue weighted by Crippen LogP contribution is -2.36. The number of benzene rings is 1. The van der Waals surface area contributed by atoms with Gasteiger partial charge >= 0.3 is 6.09 Å². The van der Waals surface area contributed by atoms with Gasteiger partial charge < -0.3 is 15.0 Å². The number of ether oxygens (including phenoxy) is 1. The molecule has 1 amide bonds. The fourth-order valence-electron chi connectivity index (χ4n) is 2.85. The van der Waals surface area contributed by atoms with E-state index >= 15 is 0 Å². The third kappa shape index (κ3) is 5.07. The number of nitrogens with one attached hydrogen (secondary N) is 2. The second kappa shape index (κ2) is 7.87. The highest BCUT2D eigenvalue weighted by Gasteiger charge is 2.24. The third-order valence-corrected chi connectivity index (χ3v) is 4.53. The van der Waals surface area contributed by atoms with Crippen LogP contribution in [0.1, 0.15) is 38.1 Å². The first-order valence-electron chi connectivity index (χ1n) is 8.69. The molecule has 0 aliphatic carbocycles. The van der Waals surface area contributed by atoms with Crippen LogP contribution in [0.2, 0.25) is 0 Å². The van der Waals surface area contributed by atoms with Gasteiger partial charge in [0.1, 0.15) is 17.2 Å². The van der Waals surface area contributed by atoms with E-state index in [0.29, 0.717) is 21.2 Å². The molecule has 0 fully saturated rings. The van der Waals surface area contributed by atoms with Crippen molar-refractivity contribution in [2.75, 3.05) is 0 Å². The number of alkyl carbamates (subject to hydrolysis) is 1. The molecule has 8 heteroatoms. The number of halogens is 3. The van der Waals surface area contributed by atoms with E-state index in [1.165, 1.54) is 12.1 Å². The first-order valence-corrected chi connectivity index (χ1v) is 9.48. The largest absolute Gasteiger partial charge is 0.444 e. The molecule has 0 aliphatic rings. The molecular formula is C20H20BrF2N3O2. The van der Waals surface area contributed by atoms with E-state index in [1.807, 2.05) is 6.07 Å². The first kappa shape index (κ1) is 20.3. The van der Waals surface area contributed by atoms with Gasteiger partial charge in [-0.2, -0.15) is 0 Å². The molecule has 0 spiro atoms. The van der Waals surface area contributed by atoms with Crippen molar-refractivity contribution in [3.05, 3.63) is 63.9 Å². The molecule has 1 atom stereocenters. The van der Waals surface area contributed by atoms with Gasteiger partial charge in [-0.25, -0.2) is 18.6 Å². The minimum Gasteiger partial charge on any atom is -0.444 e. The molecule has 2 heterocycles. The lowest BCUT2D eigenvalue weighted by atomic mass is 10.0. The number of aromatic nitrogens is 2. The molecular weight excluding hydrogens is 432 g/mol. The number of fused-ring (bicyclic) bond motifs is 1. The minimum atomic E-state index is -0.686. The van der Waals surface area contributed by atoms with Crippen molar-refractivity contribution in [1.82, 2.24) is 15.3 Å². The van der Waals surface area contributed by atoms with Crippen LogP contribution in [0.3, 0.4) is 0 Å². The number of amides is 1. The summed E-state index contributed by atoms with van der Waals surface area (Å²) in [6, 6.07) is 6.25. The van der Waals surface area contributed by atoms with Gasteiger partial charge in [-0.3, -0.25) is 0 Å². The molecule has 3 aromatic rings. The van der Waals surface area contributed by atoms with E-state index in [1.54, 1.807) is 33.0 Å². The van der Waals surface area contributed by atoms with Crippen LogP contribution in [0.5, 0.6) is 0 Å². The SMILES string of the molecule is CC(C)(C)OC(=O)N[C@H](Cc1cc(F)cc(F)c1)c1nc2cc[nH]c2cc1Br. The lowest BCUT2D eigenvalue weighted by molar-refractivity contribution is 0.0502. The fourth-order valence-corrected chi connectivity index (χ4v) is 3.44. The van der Waals surface area contributed by atoms with Crippen molar-refractivity contribution >= 4 is 33.1 Å². The number of H-pyrrole nitrogens is 1. The Morgan fingerprint density at radius 2 is 1.93 bits per heavy atom. The maximum Gasteiger partial charge on any atom is 0.408 e. The highest BCUT2D eigenvalue weighted by Crippen LogP contribution is 2.28. The maximum atomic E-state index is 13.6. The standard InChI is InChI=1S/C20H20BrF2N3O2/c1-20(2,3)28-19(27)26-17(8-11-6-12(22)9-13(23)7-11)18-14(21)10-16-15(25-18)4-5-24-16/h4-7,9-10,17,24H,8H2,1-3H3,(H,26,27)/t17-/m1/s1. The van der Waals surface area contributed by atoms with Crippen molar-refractivity contribution in [3.8, 4) is 0 Å². The number of carbonyl (C=O) groups is 1. The molecule has 0 radical (unpaired) electrons. The first-order chi connectivity index (χ1) is 13.1. The van der Waals surface area contributed by atoms with Crippen LogP contribution in [0.4, 0.5) is 13.6 Å². The Labute approximate surface area is 169 Å². The maximum absolute atomic E-state index is 13.6. The van der Waals surface area contributed by atoms with Gasteiger partial charge in [0.15, 0.2) is 0 Å². The third-order valence-electron chi connectivity index (χ3n) is 3.90. The molecule has 0 unspecified atom stereocenters. The van der Waals surface area contributed by atoms with Crippen molar-refractivity contribution in [2.24, 2.45) is 0 Å². The smallest absolute Gasteiger partial charge is 0.408 e. The normalized spacial score (nSPS) is 12.8. The fraction of sp³-hybridized carbons (Fsp3) is 0.300.